The lowest BCUT2D eigenvalue weighted by Crippen LogP contribution is -2.06. The smallest absolute Gasteiger partial charge is 0.305 e. The van der Waals surface area contributed by atoms with Gasteiger partial charge in [-0.05, 0) is 34.9 Å². The van der Waals surface area contributed by atoms with E-state index in [0.29, 0.717) is 17.9 Å². The lowest BCUT2D eigenvalue weighted by molar-refractivity contribution is -0.140. The van der Waals surface area contributed by atoms with Crippen molar-refractivity contribution in [2.75, 3.05) is 19.0 Å². The van der Waals surface area contributed by atoms with Crippen LogP contribution in [0.15, 0.2) is 69.3 Å². The number of carbonyl (C=O) groups excluding carboxylic acids is 2. The van der Waals surface area contributed by atoms with Crippen molar-refractivity contribution in [1.29, 1.82) is 0 Å². The van der Waals surface area contributed by atoms with Gasteiger partial charge in [-0.3, -0.25) is 9.59 Å². The zero-order valence-corrected chi connectivity index (χ0v) is 18.6. The number of aromatic nitrogens is 1. The van der Waals surface area contributed by atoms with Crippen LogP contribution in [0.25, 0.3) is 21.0 Å². The molecule has 1 N–H and O–H groups in total. The topological polar surface area (TPSA) is 105 Å². The number of ether oxygens (including phenoxy) is 1. The maximum atomic E-state index is 12.5. The molecule has 0 spiro atoms. The van der Waals surface area contributed by atoms with Crippen LogP contribution in [-0.2, 0) is 9.53 Å². The molecule has 9 heteroatoms. The molecule has 2 aromatic carbocycles. The molecular formula is C24H19N5O3S. The summed E-state index contributed by atoms with van der Waals surface area (Å²) in [6, 6.07) is 15.3. The first-order chi connectivity index (χ1) is 16.1. The molecule has 0 saturated heterocycles. The van der Waals surface area contributed by atoms with Crippen molar-refractivity contribution in [3.8, 4) is 0 Å². The Morgan fingerprint density at radius 2 is 2.00 bits per heavy atom. The van der Waals surface area contributed by atoms with Crippen molar-refractivity contribution >= 4 is 61.3 Å². The molecule has 33 heavy (non-hydrogen) atoms. The number of rotatable bonds is 7. The second-order valence-electron chi connectivity index (χ2n) is 7.50. The second-order valence-corrected chi connectivity index (χ2v) is 8.41. The van der Waals surface area contributed by atoms with Crippen LogP contribution in [0.4, 0.5) is 11.5 Å². The van der Waals surface area contributed by atoms with Gasteiger partial charge in [0, 0.05) is 38.7 Å². The number of benzene rings is 2. The number of nitrogens with zero attached hydrogens (tertiary/aromatic N) is 4. The van der Waals surface area contributed by atoms with E-state index in [1.807, 2.05) is 35.7 Å². The summed E-state index contributed by atoms with van der Waals surface area (Å²) in [5, 5.41) is 19.2. The molecule has 0 amide bonds. The first-order valence-corrected chi connectivity index (χ1v) is 11.2. The van der Waals surface area contributed by atoms with E-state index in [9.17, 15) is 9.59 Å². The SMILES string of the molecule is COC(=O)CCC(=O)c1cccc(Nc2nc3cc(C4=NN=NC4)ccc3c3sccc23)c1. The number of thiophene rings is 1. The average Bonchev–Trinajstić information content (AvgIpc) is 3.55. The molecule has 8 nitrogen and oxygen atoms in total. The minimum absolute atomic E-state index is 0.0585. The van der Waals surface area contributed by atoms with E-state index in [-0.39, 0.29) is 18.6 Å². The molecule has 0 aliphatic carbocycles. The number of carbonyl (C=O) groups is 2. The number of nitrogens with one attached hydrogen (secondary N) is 1. The third kappa shape index (κ3) is 4.22. The van der Waals surface area contributed by atoms with E-state index in [4.69, 9.17) is 4.98 Å². The summed E-state index contributed by atoms with van der Waals surface area (Å²) in [5.41, 5.74) is 3.87. The number of fused-ring (bicyclic) bond motifs is 3. The van der Waals surface area contributed by atoms with Crippen LogP contribution >= 0.6 is 11.3 Å². The summed E-state index contributed by atoms with van der Waals surface area (Å²) in [6.07, 6.45) is 0.160. The predicted octanol–water partition coefficient (Wildman–Crippen LogP) is 5.50. The molecule has 0 atom stereocenters. The molecule has 0 bridgehead atoms. The van der Waals surface area contributed by atoms with Gasteiger partial charge in [0.05, 0.1) is 24.8 Å². The monoisotopic (exact) mass is 457 g/mol. The predicted molar refractivity (Wildman–Crippen MR) is 129 cm³/mol. The van der Waals surface area contributed by atoms with E-state index in [1.165, 1.54) is 7.11 Å². The second kappa shape index (κ2) is 8.87. The third-order valence-corrected chi connectivity index (χ3v) is 6.36. The van der Waals surface area contributed by atoms with Crippen LogP contribution in [-0.4, -0.2) is 36.1 Å². The number of hydrogen-bond donors (Lipinski definition) is 1. The minimum Gasteiger partial charge on any atom is -0.469 e. The minimum atomic E-state index is -0.400. The molecule has 2 aromatic heterocycles. The summed E-state index contributed by atoms with van der Waals surface area (Å²) < 4.78 is 5.75. The zero-order valence-electron chi connectivity index (χ0n) is 17.7. The van der Waals surface area contributed by atoms with E-state index in [2.05, 4.69) is 31.6 Å². The summed E-state index contributed by atoms with van der Waals surface area (Å²) in [6.45, 7) is 0.467. The van der Waals surface area contributed by atoms with Gasteiger partial charge in [0.25, 0.3) is 0 Å². The highest BCUT2D eigenvalue weighted by atomic mass is 32.1. The van der Waals surface area contributed by atoms with E-state index < -0.39 is 5.97 Å². The van der Waals surface area contributed by atoms with E-state index in [1.54, 1.807) is 23.5 Å². The largest absolute Gasteiger partial charge is 0.469 e. The summed E-state index contributed by atoms with van der Waals surface area (Å²) >= 11 is 1.65. The summed E-state index contributed by atoms with van der Waals surface area (Å²) in [4.78, 5) is 28.7. The number of ketones is 1. The number of pyridine rings is 1. The van der Waals surface area contributed by atoms with Crippen molar-refractivity contribution in [1.82, 2.24) is 4.98 Å². The Hall–Kier alpha value is -3.98. The van der Waals surface area contributed by atoms with E-state index >= 15 is 0 Å². The highest BCUT2D eigenvalue weighted by molar-refractivity contribution is 7.18. The lowest BCUT2D eigenvalue weighted by atomic mass is 10.1. The van der Waals surface area contributed by atoms with Gasteiger partial charge in [-0.2, -0.15) is 5.11 Å². The molecule has 3 heterocycles. The van der Waals surface area contributed by atoms with Crippen molar-refractivity contribution in [3.05, 3.63) is 65.0 Å². The van der Waals surface area contributed by atoms with Crippen molar-refractivity contribution in [2.45, 2.75) is 12.8 Å². The number of anilines is 2. The molecule has 0 unspecified atom stereocenters. The Balaban J connectivity index is 1.47. The fourth-order valence-corrected chi connectivity index (χ4v) is 4.64. The standard InChI is InChI=1S/C24H19N5O3S/c1-32-22(31)8-7-21(30)15-3-2-4-16(11-15)26-24-18-9-10-33-23(18)17-6-5-14(12-19(17)27-24)20-13-25-29-28-20/h2-6,9-12H,7-8,13H2,1H3,(H,26,27). The van der Waals surface area contributed by atoms with Crippen LogP contribution in [0.5, 0.6) is 0 Å². The van der Waals surface area contributed by atoms with Gasteiger partial charge in [-0.15, -0.1) is 16.4 Å². The van der Waals surface area contributed by atoms with Crippen molar-refractivity contribution < 1.29 is 14.3 Å². The number of Topliss-reactive ketones (excluding diaryl/α,β-unsaturated/α-hetero) is 1. The maximum Gasteiger partial charge on any atom is 0.305 e. The molecule has 0 saturated carbocycles. The number of hydrogen-bond acceptors (Lipinski definition) is 9. The van der Waals surface area contributed by atoms with Gasteiger partial charge in [-0.25, -0.2) is 4.98 Å². The van der Waals surface area contributed by atoms with Crippen LogP contribution in [0.3, 0.4) is 0 Å². The Bertz CT molecular complexity index is 1460. The van der Waals surface area contributed by atoms with Crippen LogP contribution < -0.4 is 5.32 Å². The maximum absolute atomic E-state index is 12.5. The quantitative estimate of drug-likeness (QED) is 0.291. The van der Waals surface area contributed by atoms with E-state index in [0.717, 1.165) is 38.0 Å². The molecule has 1 aliphatic heterocycles. The molecular weight excluding hydrogens is 438 g/mol. The van der Waals surface area contributed by atoms with Gasteiger partial charge in [-0.1, -0.05) is 24.3 Å². The highest BCUT2D eigenvalue weighted by Crippen LogP contribution is 2.35. The van der Waals surface area contributed by atoms with Crippen LogP contribution in [0.2, 0.25) is 0 Å². The van der Waals surface area contributed by atoms with Gasteiger partial charge >= 0.3 is 5.97 Å². The first kappa shape index (κ1) is 20.9. The molecule has 0 fully saturated rings. The third-order valence-electron chi connectivity index (χ3n) is 5.41. The van der Waals surface area contributed by atoms with Crippen molar-refractivity contribution in [2.24, 2.45) is 15.4 Å². The fourth-order valence-electron chi connectivity index (χ4n) is 3.71. The Labute approximate surface area is 193 Å². The molecule has 4 aromatic rings. The van der Waals surface area contributed by atoms with Gasteiger partial charge in [0.1, 0.15) is 12.4 Å². The van der Waals surface area contributed by atoms with Gasteiger partial charge in [0.15, 0.2) is 5.78 Å². The Morgan fingerprint density at radius 3 is 2.82 bits per heavy atom. The zero-order chi connectivity index (χ0) is 22.8. The first-order valence-electron chi connectivity index (χ1n) is 10.3. The molecule has 1 aliphatic rings. The Morgan fingerprint density at radius 1 is 1.09 bits per heavy atom. The number of methoxy groups -OCH3 is 1. The molecule has 0 radical (unpaired) electrons. The number of esters is 1. The van der Waals surface area contributed by atoms with Gasteiger partial charge < -0.3 is 10.1 Å². The molecule has 5 rings (SSSR count). The Kier molecular flexibility index (Phi) is 5.62. The summed E-state index contributed by atoms with van der Waals surface area (Å²) in [7, 11) is 1.31. The molecule has 164 valence electrons. The lowest BCUT2D eigenvalue weighted by Gasteiger charge is -2.11. The fraction of sp³-hybridized carbons (Fsp3) is 0.167. The van der Waals surface area contributed by atoms with Crippen LogP contribution in [0, 0.1) is 0 Å². The summed E-state index contributed by atoms with van der Waals surface area (Å²) in [5.74, 6) is 0.190. The highest BCUT2D eigenvalue weighted by Gasteiger charge is 2.15. The van der Waals surface area contributed by atoms with Crippen molar-refractivity contribution in [3.63, 3.8) is 0 Å². The average molecular weight is 458 g/mol. The normalized spacial score (nSPS) is 12.8. The van der Waals surface area contributed by atoms with Gasteiger partial charge in [0.2, 0.25) is 0 Å². The van der Waals surface area contributed by atoms with Crippen LogP contribution in [0.1, 0.15) is 28.8 Å².